The Hall–Kier alpha value is -1.64. The van der Waals surface area contributed by atoms with Gasteiger partial charge in [-0.25, -0.2) is 4.98 Å². The Balaban J connectivity index is 1.68. The third-order valence-corrected chi connectivity index (χ3v) is 5.25. The van der Waals surface area contributed by atoms with E-state index in [2.05, 4.69) is 15.3 Å². The topological polar surface area (TPSA) is 37.8 Å². The number of anilines is 1. The van der Waals surface area contributed by atoms with Crippen molar-refractivity contribution in [3.8, 4) is 9.88 Å². The molecule has 0 aliphatic rings. The van der Waals surface area contributed by atoms with Gasteiger partial charge in [0, 0.05) is 23.0 Å². The minimum absolute atomic E-state index is 0.362. The molecule has 3 aromatic heterocycles. The molecule has 3 nitrogen and oxygen atoms in total. The van der Waals surface area contributed by atoms with E-state index in [4.69, 9.17) is 11.6 Å². The van der Waals surface area contributed by atoms with Gasteiger partial charge in [0.1, 0.15) is 10.7 Å². The van der Waals surface area contributed by atoms with Gasteiger partial charge in [0.15, 0.2) is 0 Å². The first-order chi connectivity index (χ1) is 10.9. The zero-order valence-electron chi connectivity index (χ0n) is 11.4. The molecule has 9 heteroatoms. The summed E-state index contributed by atoms with van der Waals surface area (Å²) in [6, 6.07) is 6.18. The van der Waals surface area contributed by atoms with Crippen LogP contribution in [0.15, 0.2) is 36.7 Å². The van der Waals surface area contributed by atoms with E-state index in [1.807, 2.05) is 6.07 Å². The highest BCUT2D eigenvalue weighted by molar-refractivity contribution is 7.23. The number of hydrogen-bond acceptors (Lipinski definition) is 5. The first-order valence-corrected chi connectivity index (χ1v) is 8.40. The van der Waals surface area contributed by atoms with Crippen LogP contribution in [0.25, 0.3) is 9.88 Å². The lowest BCUT2D eigenvalue weighted by atomic mass is 10.3. The Morgan fingerprint density at radius 1 is 1.13 bits per heavy atom. The van der Waals surface area contributed by atoms with Gasteiger partial charge in [-0.3, -0.25) is 4.98 Å². The molecule has 0 radical (unpaired) electrons. The Bertz CT molecular complexity index is 813. The predicted octanol–water partition coefficient (Wildman–Crippen LogP) is 5.55. The summed E-state index contributed by atoms with van der Waals surface area (Å²) in [5.74, 6) is 0. The molecule has 0 bridgehead atoms. The second-order valence-electron chi connectivity index (χ2n) is 4.52. The van der Waals surface area contributed by atoms with E-state index in [-0.39, 0.29) is 0 Å². The summed E-state index contributed by atoms with van der Waals surface area (Å²) >= 11 is 8.80. The Kier molecular flexibility index (Phi) is 4.56. The lowest BCUT2D eigenvalue weighted by molar-refractivity contribution is -0.141. The number of nitrogens with zero attached hydrogens (tertiary/aromatic N) is 2. The van der Waals surface area contributed by atoms with Gasteiger partial charge in [0.05, 0.1) is 15.8 Å². The number of aromatic nitrogens is 2. The number of nitrogens with one attached hydrogen (secondary N) is 1. The molecule has 0 spiro atoms. The fraction of sp³-hybridized carbons (Fsp3) is 0.143. The van der Waals surface area contributed by atoms with Gasteiger partial charge in [0.2, 0.25) is 0 Å². The van der Waals surface area contributed by atoms with Crippen LogP contribution in [0.3, 0.4) is 0 Å². The van der Waals surface area contributed by atoms with Gasteiger partial charge in [-0.2, -0.15) is 13.2 Å². The Labute approximate surface area is 142 Å². The minimum Gasteiger partial charge on any atom is -0.380 e. The van der Waals surface area contributed by atoms with Crippen molar-refractivity contribution in [2.75, 3.05) is 5.32 Å². The second kappa shape index (κ2) is 6.46. The third-order valence-electron chi connectivity index (χ3n) is 2.85. The molecule has 0 unspecified atom stereocenters. The van der Waals surface area contributed by atoms with Gasteiger partial charge < -0.3 is 5.32 Å². The standard InChI is InChI=1S/C14H9ClF3N3S2/c15-12-2-1-10(23-12)13-21-7-9(22-13)6-20-8-3-4-19-11(5-8)14(16,17)18/h1-5,7H,6H2,(H,19,20). The summed E-state index contributed by atoms with van der Waals surface area (Å²) in [7, 11) is 0. The molecule has 0 aromatic carbocycles. The molecule has 3 rings (SSSR count). The van der Waals surface area contributed by atoms with Crippen molar-refractivity contribution in [2.45, 2.75) is 12.7 Å². The summed E-state index contributed by atoms with van der Waals surface area (Å²) in [5, 5.41) is 3.79. The summed E-state index contributed by atoms with van der Waals surface area (Å²) in [4.78, 5) is 9.51. The van der Waals surface area contributed by atoms with Crippen LogP contribution in [0.2, 0.25) is 4.34 Å². The monoisotopic (exact) mass is 375 g/mol. The molecule has 0 atom stereocenters. The minimum atomic E-state index is -4.45. The van der Waals surface area contributed by atoms with E-state index in [9.17, 15) is 13.2 Å². The van der Waals surface area contributed by atoms with Crippen LogP contribution in [0.1, 0.15) is 10.6 Å². The first-order valence-electron chi connectivity index (χ1n) is 6.39. The maximum atomic E-state index is 12.6. The van der Waals surface area contributed by atoms with E-state index in [1.165, 1.54) is 28.7 Å². The number of alkyl halides is 3. The lowest BCUT2D eigenvalue weighted by Gasteiger charge is -2.08. The molecule has 0 amide bonds. The molecular formula is C14H9ClF3N3S2. The average molecular weight is 376 g/mol. The smallest absolute Gasteiger partial charge is 0.380 e. The predicted molar refractivity (Wildman–Crippen MR) is 87.0 cm³/mol. The summed E-state index contributed by atoms with van der Waals surface area (Å²) in [6.07, 6.45) is -1.61. The number of halogens is 4. The van der Waals surface area contributed by atoms with Gasteiger partial charge >= 0.3 is 6.18 Å². The quantitative estimate of drug-likeness (QED) is 0.649. The molecule has 0 aliphatic heterocycles. The Morgan fingerprint density at radius 3 is 2.65 bits per heavy atom. The molecule has 1 N–H and O–H groups in total. The van der Waals surface area contributed by atoms with Crippen molar-refractivity contribution in [1.82, 2.24) is 9.97 Å². The molecule has 0 fully saturated rings. The van der Waals surface area contributed by atoms with Gasteiger partial charge in [0.25, 0.3) is 0 Å². The lowest BCUT2D eigenvalue weighted by Crippen LogP contribution is -2.08. The molecule has 3 heterocycles. The van der Waals surface area contributed by atoms with Crippen molar-refractivity contribution in [3.63, 3.8) is 0 Å². The number of hydrogen-bond donors (Lipinski definition) is 1. The van der Waals surface area contributed by atoms with E-state index in [0.717, 1.165) is 27.0 Å². The van der Waals surface area contributed by atoms with Crippen LogP contribution in [-0.4, -0.2) is 9.97 Å². The van der Waals surface area contributed by atoms with Crippen molar-refractivity contribution < 1.29 is 13.2 Å². The number of thiazole rings is 1. The van der Waals surface area contributed by atoms with E-state index in [1.54, 1.807) is 12.3 Å². The van der Waals surface area contributed by atoms with Crippen molar-refractivity contribution in [1.29, 1.82) is 0 Å². The van der Waals surface area contributed by atoms with E-state index < -0.39 is 11.9 Å². The largest absolute Gasteiger partial charge is 0.433 e. The molecule has 0 saturated carbocycles. The average Bonchev–Trinajstić information content (AvgIpc) is 3.13. The summed E-state index contributed by atoms with van der Waals surface area (Å²) < 4.78 is 38.5. The number of pyridine rings is 1. The van der Waals surface area contributed by atoms with Crippen LogP contribution in [0.4, 0.5) is 18.9 Å². The highest BCUT2D eigenvalue weighted by atomic mass is 35.5. The maximum absolute atomic E-state index is 12.6. The van der Waals surface area contributed by atoms with Crippen LogP contribution < -0.4 is 5.32 Å². The fourth-order valence-electron chi connectivity index (χ4n) is 1.82. The van der Waals surface area contributed by atoms with Gasteiger partial charge in [-0.15, -0.1) is 22.7 Å². The zero-order chi connectivity index (χ0) is 16.4. The van der Waals surface area contributed by atoms with E-state index in [0.29, 0.717) is 16.6 Å². The van der Waals surface area contributed by atoms with Crippen LogP contribution in [0, 0.1) is 0 Å². The summed E-state index contributed by atoms with van der Waals surface area (Å²) in [6.45, 7) is 0.387. The number of rotatable bonds is 4. The second-order valence-corrected chi connectivity index (χ2v) is 7.35. The van der Waals surface area contributed by atoms with Crippen LogP contribution in [0.5, 0.6) is 0 Å². The Morgan fingerprint density at radius 2 is 1.96 bits per heavy atom. The summed E-state index contributed by atoms with van der Waals surface area (Å²) in [5.41, 5.74) is -0.554. The first kappa shape index (κ1) is 16.2. The molecule has 23 heavy (non-hydrogen) atoms. The van der Waals surface area contributed by atoms with E-state index >= 15 is 0 Å². The molecule has 3 aromatic rings. The normalized spacial score (nSPS) is 11.7. The van der Waals surface area contributed by atoms with Gasteiger partial charge in [-0.1, -0.05) is 11.6 Å². The molecule has 0 saturated heterocycles. The fourth-order valence-corrected chi connectivity index (χ4v) is 3.77. The third kappa shape index (κ3) is 4.01. The SMILES string of the molecule is FC(F)(F)c1cc(NCc2cnc(-c3ccc(Cl)s3)s2)ccn1. The van der Waals surface area contributed by atoms with Crippen molar-refractivity contribution in [2.24, 2.45) is 0 Å². The maximum Gasteiger partial charge on any atom is 0.433 e. The van der Waals surface area contributed by atoms with Crippen LogP contribution >= 0.6 is 34.3 Å². The number of thiophene rings is 1. The molecule has 0 aliphatic carbocycles. The molecule has 120 valence electrons. The highest BCUT2D eigenvalue weighted by Crippen LogP contribution is 2.34. The van der Waals surface area contributed by atoms with Crippen molar-refractivity contribution in [3.05, 3.63) is 51.6 Å². The molecular weight excluding hydrogens is 367 g/mol. The van der Waals surface area contributed by atoms with Crippen LogP contribution in [-0.2, 0) is 12.7 Å². The van der Waals surface area contributed by atoms with Gasteiger partial charge in [-0.05, 0) is 24.3 Å². The van der Waals surface area contributed by atoms with Crippen molar-refractivity contribution >= 4 is 40.0 Å². The highest BCUT2D eigenvalue weighted by Gasteiger charge is 2.32. The zero-order valence-corrected chi connectivity index (χ0v) is 13.8.